The highest BCUT2D eigenvalue weighted by molar-refractivity contribution is 6.32. The van der Waals surface area contributed by atoms with Crippen LogP contribution < -0.4 is 10.1 Å². The summed E-state index contributed by atoms with van der Waals surface area (Å²) in [5.74, 6) is 0.872. The van der Waals surface area contributed by atoms with Gasteiger partial charge in [0.05, 0.1) is 5.02 Å². The van der Waals surface area contributed by atoms with Gasteiger partial charge in [-0.2, -0.15) is 0 Å². The van der Waals surface area contributed by atoms with Crippen LogP contribution in [0.25, 0.3) is 0 Å². The molecule has 0 fully saturated rings. The number of rotatable bonds is 4. The lowest BCUT2D eigenvalue weighted by Gasteiger charge is -2.21. The third kappa shape index (κ3) is 4.73. The molecule has 0 heterocycles. The van der Waals surface area contributed by atoms with E-state index in [4.69, 9.17) is 16.3 Å². The largest absolute Gasteiger partial charge is 0.455 e. The van der Waals surface area contributed by atoms with Crippen LogP contribution in [-0.2, 0) is 6.54 Å². The minimum Gasteiger partial charge on any atom is -0.455 e. The molecule has 0 radical (unpaired) electrons. The normalized spacial score (nSPS) is 11.5. The molecule has 0 amide bonds. The molecule has 21 heavy (non-hydrogen) atoms. The van der Waals surface area contributed by atoms with E-state index < -0.39 is 0 Å². The SMILES string of the molecule is CC(C)(C)NCc1cc(F)ccc1Oc1ccccc1Cl. The van der Waals surface area contributed by atoms with Crippen molar-refractivity contribution in [3.63, 3.8) is 0 Å². The number of hydrogen-bond acceptors (Lipinski definition) is 2. The topological polar surface area (TPSA) is 21.3 Å². The highest BCUT2D eigenvalue weighted by atomic mass is 35.5. The molecule has 0 aliphatic rings. The van der Waals surface area contributed by atoms with Crippen LogP contribution in [0.2, 0.25) is 5.02 Å². The summed E-state index contributed by atoms with van der Waals surface area (Å²) in [5.41, 5.74) is 0.693. The number of hydrogen-bond donors (Lipinski definition) is 1. The Morgan fingerprint density at radius 2 is 1.81 bits per heavy atom. The van der Waals surface area contributed by atoms with Crippen LogP contribution in [0.15, 0.2) is 42.5 Å². The van der Waals surface area contributed by atoms with Gasteiger partial charge in [0.15, 0.2) is 0 Å². The third-order valence-corrected chi connectivity index (χ3v) is 3.20. The van der Waals surface area contributed by atoms with Crippen molar-refractivity contribution < 1.29 is 9.13 Å². The van der Waals surface area contributed by atoms with E-state index in [1.54, 1.807) is 18.2 Å². The van der Waals surface area contributed by atoms with E-state index >= 15 is 0 Å². The van der Waals surface area contributed by atoms with Gasteiger partial charge in [-0.05, 0) is 51.1 Å². The first kappa shape index (κ1) is 15.8. The van der Waals surface area contributed by atoms with Gasteiger partial charge in [0.2, 0.25) is 0 Å². The molecule has 2 aromatic rings. The molecule has 0 spiro atoms. The summed E-state index contributed by atoms with van der Waals surface area (Å²) in [6.45, 7) is 6.68. The number of ether oxygens (including phenoxy) is 1. The van der Waals surface area contributed by atoms with Gasteiger partial charge in [0.25, 0.3) is 0 Å². The third-order valence-electron chi connectivity index (χ3n) is 2.89. The van der Waals surface area contributed by atoms with Gasteiger partial charge >= 0.3 is 0 Å². The lowest BCUT2D eigenvalue weighted by atomic mass is 10.1. The first-order valence-corrected chi connectivity index (χ1v) is 7.19. The minimum absolute atomic E-state index is 0.0615. The van der Waals surface area contributed by atoms with Gasteiger partial charge < -0.3 is 10.1 Å². The Bertz CT molecular complexity index is 622. The number of benzene rings is 2. The smallest absolute Gasteiger partial charge is 0.146 e. The van der Waals surface area contributed by atoms with Crippen molar-refractivity contribution >= 4 is 11.6 Å². The highest BCUT2D eigenvalue weighted by Gasteiger charge is 2.13. The summed E-state index contributed by atoms with van der Waals surface area (Å²) in [4.78, 5) is 0. The molecule has 4 heteroatoms. The summed E-state index contributed by atoms with van der Waals surface area (Å²) < 4.78 is 19.3. The van der Waals surface area contributed by atoms with Gasteiger partial charge in [-0.3, -0.25) is 0 Å². The second kappa shape index (κ2) is 6.46. The highest BCUT2D eigenvalue weighted by Crippen LogP contribution is 2.31. The first-order valence-electron chi connectivity index (χ1n) is 6.81. The van der Waals surface area contributed by atoms with Crippen LogP contribution >= 0.6 is 11.6 Å². The fraction of sp³-hybridized carbons (Fsp3) is 0.294. The number of nitrogens with one attached hydrogen (secondary N) is 1. The monoisotopic (exact) mass is 307 g/mol. The molecule has 112 valence electrons. The van der Waals surface area contributed by atoms with E-state index in [1.807, 2.05) is 12.1 Å². The van der Waals surface area contributed by atoms with Gasteiger partial charge in [0, 0.05) is 17.6 Å². The maximum atomic E-state index is 13.5. The summed E-state index contributed by atoms with van der Waals surface area (Å²) in [7, 11) is 0. The van der Waals surface area contributed by atoms with Crippen LogP contribution in [0.5, 0.6) is 11.5 Å². The van der Waals surface area contributed by atoms with E-state index in [-0.39, 0.29) is 11.4 Å². The summed E-state index contributed by atoms with van der Waals surface area (Å²) in [6, 6.07) is 11.7. The van der Waals surface area contributed by atoms with Crippen molar-refractivity contribution in [1.82, 2.24) is 5.32 Å². The average Bonchev–Trinajstić information content (AvgIpc) is 2.40. The second-order valence-electron chi connectivity index (χ2n) is 5.89. The molecular formula is C17H19ClFNO. The van der Waals surface area contributed by atoms with Gasteiger partial charge in [0.1, 0.15) is 17.3 Å². The van der Waals surface area contributed by atoms with Gasteiger partial charge in [-0.15, -0.1) is 0 Å². The molecule has 1 N–H and O–H groups in total. The Morgan fingerprint density at radius 3 is 2.48 bits per heavy atom. The molecular weight excluding hydrogens is 289 g/mol. The molecule has 0 atom stereocenters. The van der Waals surface area contributed by atoms with Gasteiger partial charge in [-0.25, -0.2) is 4.39 Å². The molecule has 0 saturated heterocycles. The first-order chi connectivity index (χ1) is 9.85. The molecule has 2 nitrogen and oxygen atoms in total. The van der Waals surface area contributed by atoms with Crippen LogP contribution in [-0.4, -0.2) is 5.54 Å². The second-order valence-corrected chi connectivity index (χ2v) is 6.30. The fourth-order valence-corrected chi connectivity index (χ4v) is 1.97. The summed E-state index contributed by atoms with van der Waals surface area (Å²) in [6.07, 6.45) is 0. The molecule has 0 aliphatic heterocycles. The molecule has 2 rings (SSSR count). The molecule has 0 saturated carbocycles. The van der Waals surface area contributed by atoms with Crippen LogP contribution in [0.1, 0.15) is 26.3 Å². The van der Waals surface area contributed by atoms with Gasteiger partial charge in [-0.1, -0.05) is 23.7 Å². The minimum atomic E-state index is -0.285. The van der Waals surface area contributed by atoms with Crippen molar-refractivity contribution in [2.75, 3.05) is 0 Å². The molecule has 0 unspecified atom stereocenters. The lowest BCUT2D eigenvalue weighted by Crippen LogP contribution is -2.35. The lowest BCUT2D eigenvalue weighted by molar-refractivity contribution is 0.413. The molecule has 0 bridgehead atoms. The predicted octanol–water partition coefficient (Wildman–Crippen LogP) is 5.16. The Kier molecular flexibility index (Phi) is 4.86. The van der Waals surface area contributed by atoms with Crippen molar-refractivity contribution in [3.8, 4) is 11.5 Å². The summed E-state index contributed by atoms with van der Waals surface area (Å²) in [5, 5.41) is 3.85. The zero-order valence-electron chi connectivity index (χ0n) is 12.4. The van der Waals surface area contributed by atoms with E-state index in [0.717, 1.165) is 5.56 Å². The van der Waals surface area contributed by atoms with Crippen molar-refractivity contribution in [2.24, 2.45) is 0 Å². The Hall–Kier alpha value is -1.58. The van der Waals surface area contributed by atoms with E-state index in [9.17, 15) is 4.39 Å². The van der Waals surface area contributed by atoms with Crippen molar-refractivity contribution in [1.29, 1.82) is 0 Å². The van der Waals surface area contributed by atoms with Crippen LogP contribution in [0.3, 0.4) is 0 Å². The van der Waals surface area contributed by atoms with E-state index in [2.05, 4.69) is 26.1 Å². The predicted molar refractivity (Wildman–Crippen MR) is 84.5 cm³/mol. The zero-order chi connectivity index (χ0) is 15.5. The zero-order valence-corrected chi connectivity index (χ0v) is 13.2. The van der Waals surface area contributed by atoms with Crippen molar-refractivity contribution in [2.45, 2.75) is 32.9 Å². The van der Waals surface area contributed by atoms with E-state index in [0.29, 0.717) is 23.1 Å². The summed E-state index contributed by atoms with van der Waals surface area (Å²) >= 11 is 6.09. The van der Waals surface area contributed by atoms with E-state index in [1.165, 1.54) is 12.1 Å². The number of para-hydroxylation sites is 1. The quantitative estimate of drug-likeness (QED) is 0.842. The maximum absolute atomic E-state index is 13.5. The van der Waals surface area contributed by atoms with Crippen LogP contribution in [0.4, 0.5) is 4.39 Å². The Labute approximate surface area is 129 Å². The molecule has 0 aliphatic carbocycles. The maximum Gasteiger partial charge on any atom is 0.146 e. The standard InChI is InChI=1S/C17H19ClFNO/c1-17(2,3)20-11-12-10-13(19)8-9-15(12)21-16-7-5-4-6-14(16)18/h4-10,20H,11H2,1-3H3. The van der Waals surface area contributed by atoms with Crippen molar-refractivity contribution in [3.05, 3.63) is 58.9 Å². The molecule has 2 aromatic carbocycles. The fourth-order valence-electron chi connectivity index (χ4n) is 1.79. The van der Waals surface area contributed by atoms with Crippen LogP contribution in [0, 0.1) is 5.82 Å². The Morgan fingerprint density at radius 1 is 1.10 bits per heavy atom. The molecule has 0 aromatic heterocycles. The number of halogens is 2. The average molecular weight is 308 g/mol. The Balaban J connectivity index is 2.25.